The minimum absolute atomic E-state index is 0.0917. The van der Waals surface area contributed by atoms with Crippen LogP contribution in [0.2, 0.25) is 0 Å². The van der Waals surface area contributed by atoms with Crippen LogP contribution in [-0.4, -0.2) is 97.5 Å². The second-order valence-electron chi connectivity index (χ2n) is 9.21. The summed E-state index contributed by atoms with van der Waals surface area (Å²) >= 11 is 1.13. The van der Waals surface area contributed by atoms with Gasteiger partial charge in [-0.05, 0) is 18.4 Å². The van der Waals surface area contributed by atoms with Crippen molar-refractivity contribution in [1.82, 2.24) is 24.8 Å². The van der Waals surface area contributed by atoms with Gasteiger partial charge in [0.25, 0.3) is 0 Å². The average molecular weight is 608 g/mol. The summed E-state index contributed by atoms with van der Waals surface area (Å²) in [7, 11) is -2.87. The molecular weight excluding hydrogens is 574 g/mol. The van der Waals surface area contributed by atoms with Gasteiger partial charge in [0.15, 0.2) is 11.0 Å². The number of ketones is 1. The first-order valence-corrected chi connectivity index (χ1v) is 15.2. The fourth-order valence-electron chi connectivity index (χ4n) is 4.31. The number of methoxy groups -OCH3 is 1. The Morgan fingerprint density at radius 1 is 1.24 bits per heavy atom. The van der Waals surface area contributed by atoms with Crippen molar-refractivity contribution in [3.63, 3.8) is 0 Å². The van der Waals surface area contributed by atoms with Gasteiger partial charge in [-0.3, -0.25) is 24.6 Å². The zero-order valence-electron chi connectivity index (χ0n) is 22.4. The average Bonchev–Trinajstić information content (AvgIpc) is 3.47. The highest BCUT2D eigenvalue weighted by atomic mass is 32.2. The molecule has 0 aliphatic carbocycles. The number of carbonyl (C=O) groups excluding carboxylic acids is 4. The maximum Gasteiger partial charge on any atom is 0.307 e. The number of hydrogen-bond donors (Lipinski definition) is 4. The van der Waals surface area contributed by atoms with E-state index in [0.717, 1.165) is 22.8 Å². The van der Waals surface area contributed by atoms with Crippen molar-refractivity contribution in [3.8, 4) is 0 Å². The SMILES string of the molecule is COC(=O)C[C@@H]1C(=O)N(CC(=O)N[C@@H](CCCNC(=N)N)C(=O)c2nccs2)CCN1S(=O)(=O)Cc1ccccc1. The Bertz CT molecular complexity index is 1340. The third kappa shape index (κ3) is 9.06. The Morgan fingerprint density at radius 2 is 1.98 bits per heavy atom. The van der Waals surface area contributed by atoms with Gasteiger partial charge in [-0.25, -0.2) is 13.4 Å². The molecule has 16 heteroatoms. The summed E-state index contributed by atoms with van der Waals surface area (Å²) in [6, 6.07) is 6.11. The molecule has 1 fully saturated rings. The van der Waals surface area contributed by atoms with E-state index in [1.807, 2.05) is 0 Å². The zero-order valence-corrected chi connectivity index (χ0v) is 24.1. The van der Waals surface area contributed by atoms with Gasteiger partial charge in [-0.15, -0.1) is 11.3 Å². The number of amides is 2. The number of carbonyl (C=O) groups is 4. The van der Waals surface area contributed by atoms with Crippen LogP contribution < -0.4 is 16.4 Å². The van der Waals surface area contributed by atoms with Gasteiger partial charge < -0.3 is 26.0 Å². The van der Waals surface area contributed by atoms with Crippen molar-refractivity contribution in [2.24, 2.45) is 5.73 Å². The number of benzene rings is 1. The third-order valence-electron chi connectivity index (χ3n) is 6.29. The molecule has 41 heavy (non-hydrogen) atoms. The molecule has 2 heterocycles. The molecule has 0 bridgehead atoms. The van der Waals surface area contributed by atoms with Gasteiger partial charge in [0.1, 0.15) is 6.04 Å². The van der Waals surface area contributed by atoms with E-state index in [1.54, 1.807) is 35.7 Å². The number of nitrogens with zero attached hydrogens (tertiary/aromatic N) is 3. The molecule has 1 aliphatic rings. The number of guanidine groups is 1. The number of hydrogen-bond acceptors (Lipinski definition) is 10. The second kappa shape index (κ2) is 14.7. The minimum atomic E-state index is -4.00. The van der Waals surface area contributed by atoms with Crippen LogP contribution >= 0.6 is 11.3 Å². The van der Waals surface area contributed by atoms with E-state index in [1.165, 1.54) is 11.1 Å². The van der Waals surface area contributed by atoms with Crippen LogP contribution in [-0.2, 0) is 34.9 Å². The van der Waals surface area contributed by atoms with Gasteiger partial charge in [0, 0.05) is 31.2 Å². The Morgan fingerprint density at radius 3 is 2.61 bits per heavy atom. The lowest BCUT2D eigenvalue weighted by Crippen LogP contribution is -2.61. The fraction of sp³-hybridized carbons (Fsp3) is 0.440. The van der Waals surface area contributed by atoms with E-state index in [0.29, 0.717) is 18.5 Å². The second-order valence-corrected chi connectivity index (χ2v) is 12.0. The van der Waals surface area contributed by atoms with Gasteiger partial charge in [0.2, 0.25) is 27.6 Å². The quantitative estimate of drug-likeness (QED) is 0.0724. The maximum atomic E-state index is 13.4. The number of esters is 1. The molecule has 14 nitrogen and oxygen atoms in total. The van der Waals surface area contributed by atoms with Crippen LogP contribution in [0.25, 0.3) is 0 Å². The van der Waals surface area contributed by atoms with Gasteiger partial charge in [-0.2, -0.15) is 4.31 Å². The predicted octanol–water partition coefficient (Wildman–Crippen LogP) is -0.320. The zero-order chi connectivity index (χ0) is 30.0. The molecule has 2 amide bonds. The van der Waals surface area contributed by atoms with E-state index < -0.39 is 58.6 Å². The Kier molecular flexibility index (Phi) is 11.3. The number of ether oxygens (including phenoxy) is 1. The first kappa shape index (κ1) is 31.6. The molecule has 0 spiro atoms. The first-order chi connectivity index (χ1) is 19.5. The number of rotatable bonds is 14. The van der Waals surface area contributed by atoms with Crippen LogP contribution in [0.15, 0.2) is 41.9 Å². The molecule has 0 unspecified atom stereocenters. The number of Topliss-reactive ketones (excluding diaryl/α,β-unsaturated/α-hetero) is 1. The van der Waals surface area contributed by atoms with Crippen LogP contribution in [0.4, 0.5) is 0 Å². The van der Waals surface area contributed by atoms with Crippen molar-refractivity contribution < 1.29 is 32.3 Å². The molecule has 1 aromatic carbocycles. The van der Waals surface area contributed by atoms with E-state index >= 15 is 0 Å². The molecule has 1 aliphatic heterocycles. The summed E-state index contributed by atoms with van der Waals surface area (Å²) in [6.07, 6.45) is 1.57. The lowest BCUT2D eigenvalue weighted by Gasteiger charge is -2.39. The molecule has 5 N–H and O–H groups in total. The number of nitrogens with one attached hydrogen (secondary N) is 3. The third-order valence-corrected chi connectivity index (χ3v) is 8.92. The van der Waals surface area contributed by atoms with Gasteiger partial charge in [-0.1, -0.05) is 30.3 Å². The molecule has 1 saturated heterocycles. The Labute approximate surface area is 241 Å². The van der Waals surface area contributed by atoms with Crippen LogP contribution in [0.3, 0.4) is 0 Å². The van der Waals surface area contributed by atoms with Crippen LogP contribution in [0.1, 0.15) is 34.6 Å². The Hall–Kier alpha value is -3.89. The highest BCUT2D eigenvalue weighted by molar-refractivity contribution is 7.88. The van der Waals surface area contributed by atoms with E-state index in [9.17, 15) is 27.6 Å². The molecule has 2 atom stereocenters. The first-order valence-electron chi connectivity index (χ1n) is 12.7. The van der Waals surface area contributed by atoms with E-state index in [4.69, 9.17) is 15.9 Å². The van der Waals surface area contributed by atoms with Crippen LogP contribution in [0, 0.1) is 5.41 Å². The van der Waals surface area contributed by atoms with Gasteiger partial charge >= 0.3 is 5.97 Å². The standard InChI is InChI=1S/C25H33N7O7S2/c1-39-21(34)14-19-24(36)31(11-12-32(19)41(37,38)16-17-6-3-2-4-7-17)15-20(33)30-18(8-5-9-29-25(26)27)22(35)23-28-10-13-40-23/h2-4,6-7,10,13,18-19H,5,8-9,11-12,14-16H2,1H3,(H,30,33)(H4,26,27,29)/t18-,19+/m0/s1. The fourth-order valence-corrected chi connectivity index (χ4v) is 6.64. The molecule has 2 aromatic rings. The summed E-state index contributed by atoms with van der Waals surface area (Å²) in [6.45, 7) is -0.365. The van der Waals surface area contributed by atoms with Gasteiger partial charge in [0.05, 0.1) is 31.9 Å². The highest BCUT2D eigenvalue weighted by Crippen LogP contribution is 2.22. The number of nitrogens with two attached hydrogens (primary N) is 1. The van der Waals surface area contributed by atoms with E-state index in [-0.39, 0.29) is 36.2 Å². The van der Waals surface area contributed by atoms with E-state index in [2.05, 4.69) is 15.6 Å². The molecule has 3 rings (SSSR count). The van der Waals surface area contributed by atoms with Crippen molar-refractivity contribution >= 4 is 50.9 Å². The normalized spacial score (nSPS) is 16.6. The topological polar surface area (TPSA) is 205 Å². The molecule has 0 radical (unpaired) electrons. The summed E-state index contributed by atoms with van der Waals surface area (Å²) < 4.78 is 32.2. The molecule has 222 valence electrons. The van der Waals surface area contributed by atoms with Crippen molar-refractivity contribution in [1.29, 1.82) is 5.41 Å². The minimum Gasteiger partial charge on any atom is -0.469 e. The molecular formula is C25H33N7O7S2. The largest absolute Gasteiger partial charge is 0.469 e. The molecule has 0 saturated carbocycles. The molecule has 1 aromatic heterocycles. The summed E-state index contributed by atoms with van der Waals surface area (Å²) in [4.78, 5) is 56.7. The van der Waals surface area contributed by atoms with Crippen molar-refractivity contribution in [2.75, 3.05) is 33.3 Å². The Balaban J connectivity index is 1.71. The predicted molar refractivity (Wildman–Crippen MR) is 150 cm³/mol. The van der Waals surface area contributed by atoms with Crippen LogP contribution in [0.5, 0.6) is 0 Å². The monoisotopic (exact) mass is 607 g/mol. The van der Waals surface area contributed by atoms with Crippen molar-refractivity contribution in [2.45, 2.75) is 37.1 Å². The van der Waals surface area contributed by atoms with Crippen molar-refractivity contribution in [3.05, 3.63) is 52.5 Å². The number of piperazine rings is 1. The maximum absolute atomic E-state index is 13.4. The highest BCUT2D eigenvalue weighted by Gasteiger charge is 2.43. The lowest BCUT2D eigenvalue weighted by atomic mass is 10.1. The number of sulfonamides is 1. The number of thiazole rings is 1. The smallest absolute Gasteiger partial charge is 0.307 e. The summed E-state index contributed by atoms with van der Waals surface area (Å²) in [5.74, 6) is -3.11. The summed E-state index contributed by atoms with van der Waals surface area (Å²) in [5, 5.41) is 14.4. The summed E-state index contributed by atoms with van der Waals surface area (Å²) in [5.41, 5.74) is 5.81. The lowest BCUT2D eigenvalue weighted by molar-refractivity contribution is -0.149. The number of aromatic nitrogens is 1.